The number of nitrogens with one attached hydrogen (secondary N) is 1. The molecule has 20 heavy (non-hydrogen) atoms. The van der Waals surface area contributed by atoms with Crippen LogP contribution in [0.25, 0.3) is 0 Å². The molecule has 1 saturated heterocycles. The molecule has 6 heteroatoms. The van der Waals surface area contributed by atoms with Crippen molar-refractivity contribution in [2.24, 2.45) is 0 Å². The van der Waals surface area contributed by atoms with Crippen LogP contribution in [0.5, 0.6) is 0 Å². The van der Waals surface area contributed by atoms with E-state index in [-0.39, 0.29) is 18.2 Å². The van der Waals surface area contributed by atoms with Gasteiger partial charge in [0.25, 0.3) is 0 Å². The number of halogens is 3. The summed E-state index contributed by atoms with van der Waals surface area (Å²) < 4.78 is 44.8. The molecule has 1 aromatic carbocycles. The number of hydrogen-bond acceptors (Lipinski definition) is 3. The van der Waals surface area contributed by atoms with Crippen molar-refractivity contribution >= 4 is 5.69 Å². The lowest BCUT2D eigenvalue weighted by Gasteiger charge is -2.33. The normalized spacial score (nSPS) is 20.2. The highest BCUT2D eigenvalue weighted by atomic mass is 19.4. The van der Waals surface area contributed by atoms with Gasteiger partial charge in [-0.1, -0.05) is 6.07 Å². The lowest BCUT2D eigenvalue weighted by atomic mass is 10.0. The van der Waals surface area contributed by atoms with Crippen molar-refractivity contribution in [3.8, 4) is 0 Å². The lowest BCUT2D eigenvalue weighted by Crippen LogP contribution is -2.41. The Balaban J connectivity index is 2.31. The zero-order valence-corrected chi connectivity index (χ0v) is 11.6. The van der Waals surface area contributed by atoms with Gasteiger partial charge in [-0.05, 0) is 31.7 Å². The Labute approximate surface area is 116 Å². The van der Waals surface area contributed by atoms with Gasteiger partial charge in [-0.25, -0.2) is 0 Å². The van der Waals surface area contributed by atoms with Gasteiger partial charge in [0.2, 0.25) is 0 Å². The van der Waals surface area contributed by atoms with Crippen molar-refractivity contribution in [1.82, 2.24) is 5.32 Å². The van der Waals surface area contributed by atoms with E-state index >= 15 is 0 Å². The first-order valence-corrected chi connectivity index (χ1v) is 6.63. The number of morpholine rings is 1. The van der Waals surface area contributed by atoms with E-state index in [1.807, 2.05) is 11.8 Å². The number of benzene rings is 1. The minimum absolute atomic E-state index is 0.0371. The number of ether oxygens (including phenoxy) is 1. The zero-order valence-electron chi connectivity index (χ0n) is 11.6. The lowest BCUT2D eigenvalue weighted by molar-refractivity contribution is -0.138. The van der Waals surface area contributed by atoms with Crippen molar-refractivity contribution in [3.63, 3.8) is 0 Å². The van der Waals surface area contributed by atoms with Crippen molar-refractivity contribution < 1.29 is 17.9 Å². The van der Waals surface area contributed by atoms with E-state index in [1.165, 1.54) is 6.07 Å². The van der Waals surface area contributed by atoms with E-state index in [0.29, 0.717) is 25.4 Å². The van der Waals surface area contributed by atoms with Crippen molar-refractivity contribution in [3.05, 3.63) is 29.3 Å². The highest BCUT2D eigenvalue weighted by Crippen LogP contribution is 2.35. The summed E-state index contributed by atoms with van der Waals surface area (Å²) in [4.78, 5) is 1.94. The maximum atomic E-state index is 13.1. The van der Waals surface area contributed by atoms with E-state index in [1.54, 1.807) is 19.2 Å². The van der Waals surface area contributed by atoms with Crippen molar-refractivity contribution in [2.75, 3.05) is 31.6 Å². The Morgan fingerprint density at radius 2 is 2.15 bits per heavy atom. The summed E-state index contributed by atoms with van der Waals surface area (Å²) in [7, 11) is 1.64. The molecule has 0 amide bonds. The number of alkyl halides is 3. The van der Waals surface area contributed by atoms with Gasteiger partial charge in [-0.2, -0.15) is 13.2 Å². The van der Waals surface area contributed by atoms with Crippen LogP contribution in [-0.4, -0.2) is 32.8 Å². The number of anilines is 1. The molecule has 1 aliphatic heterocycles. The van der Waals surface area contributed by atoms with Crippen LogP contribution in [0.3, 0.4) is 0 Å². The number of nitrogens with zero attached hydrogens (tertiary/aromatic N) is 1. The number of rotatable bonds is 3. The first-order valence-electron chi connectivity index (χ1n) is 6.63. The maximum Gasteiger partial charge on any atom is 0.416 e. The largest absolute Gasteiger partial charge is 0.416 e. The molecule has 0 spiro atoms. The summed E-state index contributed by atoms with van der Waals surface area (Å²) in [6.07, 6.45) is -4.30. The second-order valence-corrected chi connectivity index (χ2v) is 5.00. The predicted octanol–water partition coefficient (Wildman–Crippen LogP) is 2.65. The van der Waals surface area contributed by atoms with Crippen LogP contribution in [0, 0.1) is 0 Å². The molecule has 0 aliphatic carbocycles. The van der Waals surface area contributed by atoms with Gasteiger partial charge in [-0.15, -0.1) is 0 Å². The van der Waals surface area contributed by atoms with E-state index < -0.39 is 11.7 Å². The van der Waals surface area contributed by atoms with Gasteiger partial charge < -0.3 is 15.0 Å². The molecule has 1 atom stereocenters. The first kappa shape index (κ1) is 15.1. The topological polar surface area (TPSA) is 24.5 Å². The third kappa shape index (κ3) is 3.43. The summed E-state index contributed by atoms with van der Waals surface area (Å²) in [6.45, 7) is 3.90. The fraction of sp³-hybridized carbons (Fsp3) is 0.571. The molecule has 2 rings (SSSR count). The zero-order chi connectivity index (χ0) is 14.8. The second-order valence-electron chi connectivity index (χ2n) is 5.00. The second kappa shape index (κ2) is 6.01. The fourth-order valence-corrected chi connectivity index (χ4v) is 2.42. The van der Waals surface area contributed by atoms with Gasteiger partial charge in [0.15, 0.2) is 0 Å². The Morgan fingerprint density at radius 3 is 2.75 bits per heavy atom. The molecule has 0 radical (unpaired) electrons. The minimum Gasteiger partial charge on any atom is -0.375 e. The Hall–Kier alpha value is -1.27. The molecule has 1 aromatic rings. The monoisotopic (exact) mass is 288 g/mol. The quantitative estimate of drug-likeness (QED) is 0.925. The molecule has 1 heterocycles. The van der Waals surface area contributed by atoms with E-state index in [4.69, 9.17) is 4.74 Å². The van der Waals surface area contributed by atoms with Gasteiger partial charge >= 0.3 is 6.18 Å². The number of hydrogen-bond donors (Lipinski definition) is 1. The molecular weight excluding hydrogens is 269 g/mol. The average molecular weight is 288 g/mol. The molecule has 112 valence electrons. The van der Waals surface area contributed by atoms with Crippen LogP contribution < -0.4 is 10.2 Å². The SMILES string of the molecule is CNCc1ccc(N2CCOC(C)C2)cc1C(F)(F)F. The molecule has 3 nitrogen and oxygen atoms in total. The molecular formula is C14H19F3N2O. The van der Waals surface area contributed by atoms with Gasteiger partial charge in [0.05, 0.1) is 18.3 Å². The smallest absolute Gasteiger partial charge is 0.375 e. The van der Waals surface area contributed by atoms with Crippen LogP contribution in [0.4, 0.5) is 18.9 Å². The first-order chi connectivity index (χ1) is 9.41. The van der Waals surface area contributed by atoms with Crippen molar-refractivity contribution in [2.45, 2.75) is 25.7 Å². The van der Waals surface area contributed by atoms with Gasteiger partial charge in [0, 0.05) is 25.3 Å². The molecule has 1 aliphatic rings. The highest BCUT2D eigenvalue weighted by Gasteiger charge is 2.34. The molecule has 0 saturated carbocycles. The van der Waals surface area contributed by atoms with Crippen LogP contribution in [-0.2, 0) is 17.5 Å². The third-order valence-electron chi connectivity index (χ3n) is 3.37. The van der Waals surface area contributed by atoms with Crippen LogP contribution in [0.1, 0.15) is 18.1 Å². The van der Waals surface area contributed by atoms with E-state index in [0.717, 1.165) is 0 Å². The Bertz CT molecular complexity index is 462. The van der Waals surface area contributed by atoms with Crippen LogP contribution in [0.2, 0.25) is 0 Å². The summed E-state index contributed by atoms with van der Waals surface area (Å²) in [5, 5.41) is 2.77. The standard InChI is InChI=1S/C14H19F3N2O/c1-10-9-19(5-6-20-10)12-4-3-11(8-18-2)13(7-12)14(15,16)17/h3-4,7,10,18H,5-6,8-9H2,1-2H3. The Kier molecular flexibility index (Phi) is 4.55. The van der Waals surface area contributed by atoms with E-state index in [9.17, 15) is 13.2 Å². The van der Waals surface area contributed by atoms with Gasteiger partial charge in [-0.3, -0.25) is 0 Å². The summed E-state index contributed by atoms with van der Waals surface area (Å²) in [6, 6.07) is 4.54. The summed E-state index contributed by atoms with van der Waals surface area (Å²) >= 11 is 0. The highest BCUT2D eigenvalue weighted by molar-refractivity contribution is 5.52. The molecule has 0 bridgehead atoms. The summed E-state index contributed by atoms with van der Waals surface area (Å²) in [5.41, 5.74) is 0.306. The fourth-order valence-electron chi connectivity index (χ4n) is 2.42. The predicted molar refractivity (Wildman–Crippen MR) is 71.8 cm³/mol. The average Bonchev–Trinajstić information content (AvgIpc) is 2.38. The third-order valence-corrected chi connectivity index (χ3v) is 3.37. The molecule has 1 N–H and O–H groups in total. The summed E-state index contributed by atoms with van der Waals surface area (Å²) in [5.74, 6) is 0. The maximum absolute atomic E-state index is 13.1. The minimum atomic E-state index is -4.33. The molecule has 0 aromatic heterocycles. The van der Waals surface area contributed by atoms with Crippen molar-refractivity contribution in [1.29, 1.82) is 0 Å². The van der Waals surface area contributed by atoms with E-state index in [2.05, 4.69) is 5.32 Å². The molecule has 1 unspecified atom stereocenters. The van der Waals surface area contributed by atoms with Crippen LogP contribution >= 0.6 is 0 Å². The van der Waals surface area contributed by atoms with Gasteiger partial charge in [0.1, 0.15) is 0 Å². The van der Waals surface area contributed by atoms with Crippen LogP contribution in [0.15, 0.2) is 18.2 Å². The molecule has 1 fully saturated rings. The Morgan fingerprint density at radius 1 is 1.40 bits per heavy atom.